The van der Waals surface area contributed by atoms with Crippen molar-refractivity contribution in [1.82, 2.24) is 10.1 Å². The molecule has 7 nitrogen and oxygen atoms in total. The molecule has 2 heterocycles. The maximum absolute atomic E-state index is 12.3. The second kappa shape index (κ2) is 4.85. The first-order valence-electron chi connectivity index (χ1n) is 6.63. The molecule has 0 spiro atoms. The van der Waals surface area contributed by atoms with E-state index < -0.39 is 11.5 Å². The summed E-state index contributed by atoms with van der Waals surface area (Å²) in [5, 5.41) is 13.8. The van der Waals surface area contributed by atoms with Gasteiger partial charge in [0.25, 0.3) is 0 Å². The fraction of sp³-hybridized carbons (Fsp3) is 0.357. The number of likely N-dealkylation sites (tertiary alicyclic amines) is 1. The molecule has 1 aromatic heterocycles. The van der Waals surface area contributed by atoms with E-state index in [0.717, 1.165) is 5.39 Å². The normalized spacial score (nSPS) is 21.9. The molecule has 7 heteroatoms. The van der Waals surface area contributed by atoms with Crippen LogP contribution in [0.1, 0.15) is 12.1 Å². The zero-order valence-corrected chi connectivity index (χ0v) is 11.3. The highest BCUT2D eigenvalue weighted by atomic mass is 16.5. The number of hydrogen-bond donors (Lipinski definition) is 2. The van der Waals surface area contributed by atoms with Gasteiger partial charge in [-0.15, -0.1) is 0 Å². The molecule has 110 valence electrons. The summed E-state index contributed by atoms with van der Waals surface area (Å²) in [6.07, 6.45) is 0.334. The largest absolute Gasteiger partial charge is 0.480 e. The van der Waals surface area contributed by atoms with E-state index in [0.29, 0.717) is 17.8 Å². The summed E-state index contributed by atoms with van der Waals surface area (Å²) in [6, 6.07) is 7.29. The number of carbonyl (C=O) groups is 2. The second-order valence-electron chi connectivity index (χ2n) is 5.33. The van der Waals surface area contributed by atoms with Gasteiger partial charge in [0.1, 0.15) is 11.2 Å². The summed E-state index contributed by atoms with van der Waals surface area (Å²) in [4.78, 5) is 24.8. The number of nitrogens with two attached hydrogens (primary N) is 1. The minimum atomic E-state index is -1.35. The number of carboxylic acid groups (broad SMARTS) is 1. The zero-order valence-electron chi connectivity index (χ0n) is 11.3. The Balaban J connectivity index is 1.74. The summed E-state index contributed by atoms with van der Waals surface area (Å²) in [7, 11) is 0. The quantitative estimate of drug-likeness (QED) is 0.845. The second-order valence-corrected chi connectivity index (χ2v) is 5.33. The number of hydrogen-bond acceptors (Lipinski definition) is 5. The van der Waals surface area contributed by atoms with Crippen molar-refractivity contribution < 1.29 is 19.2 Å². The Morgan fingerprint density at radius 2 is 2.19 bits per heavy atom. The van der Waals surface area contributed by atoms with Gasteiger partial charge >= 0.3 is 5.97 Å². The number of nitrogens with zero attached hydrogens (tertiary/aromatic N) is 2. The number of aliphatic carboxylic acids is 1. The zero-order chi connectivity index (χ0) is 15.0. The van der Waals surface area contributed by atoms with Crippen molar-refractivity contribution in [2.45, 2.75) is 18.4 Å². The monoisotopic (exact) mass is 289 g/mol. The van der Waals surface area contributed by atoms with Crippen molar-refractivity contribution in [3.8, 4) is 0 Å². The van der Waals surface area contributed by atoms with Crippen LogP contribution in [0.25, 0.3) is 11.0 Å². The summed E-state index contributed by atoms with van der Waals surface area (Å²) in [5.41, 5.74) is 5.60. The number of para-hydroxylation sites is 1. The van der Waals surface area contributed by atoms with Gasteiger partial charge in [0.15, 0.2) is 5.58 Å². The number of carbonyl (C=O) groups excluding carboxylic acids is 1. The highest BCUT2D eigenvalue weighted by molar-refractivity contribution is 5.87. The van der Waals surface area contributed by atoms with E-state index in [1.807, 2.05) is 18.2 Å². The van der Waals surface area contributed by atoms with E-state index in [-0.39, 0.29) is 25.3 Å². The molecule has 2 aromatic rings. The molecule has 3 N–H and O–H groups in total. The Kier molecular flexibility index (Phi) is 3.13. The van der Waals surface area contributed by atoms with Gasteiger partial charge in [0, 0.05) is 18.5 Å². The topological polar surface area (TPSA) is 110 Å². The van der Waals surface area contributed by atoms with Crippen molar-refractivity contribution >= 4 is 22.8 Å². The molecule has 1 saturated heterocycles. The molecule has 0 bridgehead atoms. The van der Waals surface area contributed by atoms with Gasteiger partial charge in [0.05, 0.1) is 6.42 Å². The third-order valence-electron chi connectivity index (χ3n) is 3.85. The van der Waals surface area contributed by atoms with E-state index in [1.165, 1.54) is 4.90 Å². The average Bonchev–Trinajstić information content (AvgIpc) is 3.05. The predicted octanol–water partition coefficient (Wildman–Crippen LogP) is 0.385. The van der Waals surface area contributed by atoms with Crippen molar-refractivity contribution in [2.24, 2.45) is 5.73 Å². The van der Waals surface area contributed by atoms with Crippen LogP contribution in [-0.2, 0) is 16.0 Å². The number of fused-ring (bicyclic) bond motifs is 1. The molecule has 1 fully saturated rings. The van der Waals surface area contributed by atoms with Crippen LogP contribution in [0.15, 0.2) is 28.8 Å². The van der Waals surface area contributed by atoms with Crippen LogP contribution in [0.4, 0.5) is 0 Å². The Morgan fingerprint density at radius 3 is 2.90 bits per heavy atom. The van der Waals surface area contributed by atoms with Crippen molar-refractivity contribution in [3.63, 3.8) is 0 Å². The van der Waals surface area contributed by atoms with Gasteiger partial charge in [-0.05, 0) is 18.6 Å². The molecule has 3 rings (SSSR count). The third kappa shape index (κ3) is 2.36. The van der Waals surface area contributed by atoms with Crippen LogP contribution in [0.5, 0.6) is 0 Å². The molecule has 0 radical (unpaired) electrons. The summed E-state index contributed by atoms with van der Waals surface area (Å²) < 4.78 is 5.15. The van der Waals surface area contributed by atoms with Crippen LogP contribution >= 0.6 is 0 Å². The predicted molar refractivity (Wildman–Crippen MR) is 73.5 cm³/mol. The van der Waals surface area contributed by atoms with E-state index in [2.05, 4.69) is 5.16 Å². The van der Waals surface area contributed by atoms with E-state index in [9.17, 15) is 9.59 Å². The lowest BCUT2D eigenvalue weighted by Gasteiger charge is -2.19. The lowest BCUT2D eigenvalue weighted by atomic mass is 10.0. The third-order valence-corrected chi connectivity index (χ3v) is 3.85. The number of amides is 1. The lowest BCUT2D eigenvalue weighted by Crippen LogP contribution is -2.50. The molecular weight excluding hydrogens is 274 g/mol. The fourth-order valence-corrected chi connectivity index (χ4v) is 2.54. The van der Waals surface area contributed by atoms with E-state index >= 15 is 0 Å². The smallest absolute Gasteiger partial charge is 0.325 e. The molecule has 1 aliphatic heterocycles. The Morgan fingerprint density at radius 1 is 1.43 bits per heavy atom. The maximum Gasteiger partial charge on any atom is 0.325 e. The van der Waals surface area contributed by atoms with Gasteiger partial charge < -0.3 is 20.3 Å². The maximum atomic E-state index is 12.3. The number of rotatable bonds is 3. The van der Waals surface area contributed by atoms with Gasteiger partial charge in [-0.3, -0.25) is 9.59 Å². The summed E-state index contributed by atoms with van der Waals surface area (Å²) >= 11 is 0. The summed E-state index contributed by atoms with van der Waals surface area (Å²) in [6.45, 7) is 0.369. The Hall–Kier alpha value is -2.41. The standard InChI is InChI=1S/C14H15N3O4/c15-14(13(19)20)5-6-17(8-14)12(18)7-10-9-3-1-2-4-11(9)21-16-10/h1-4H,5-8,15H2,(H,19,20). The number of carboxylic acids is 1. The molecule has 1 atom stereocenters. The molecule has 21 heavy (non-hydrogen) atoms. The van der Waals surface area contributed by atoms with Gasteiger partial charge in [-0.2, -0.15) is 0 Å². The molecule has 1 amide bonds. The highest BCUT2D eigenvalue weighted by Gasteiger charge is 2.42. The minimum absolute atomic E-state index is 0.0248. The van der Waals surface area contributed by atoms with E-state index in [4.69, 9.17) is 15.4 Å². The van der Waals surface area contributed by atoms with Gasteiger partial charge in [-0.1, -0.05) is 17.3 Å². The first kappa shape index (κ1) is 13.6. The molecule has 0 saturated carbocycles. The van der Waals surface area contributed by atoms with Gasteiger partial charge in [-0.25, -0.2) is 0 Å². The molecule has 0 aliphatic carbocycles. The first-order chi connectivity index (χ1) is 9.99. The molecule has 1 unspecified atom stereocenters. The Labute approximate surface area is 120 Å². The fourth-order valence-electron chi connectivity index (χ4n) is 2.54. The van der Waals surface area contributed by atoms with Crippen molar-refractivity contribution in [3.05, 3.63) is 30.0 Å². The van der Waals surface area contributed by atoms with Crippen LogP contribution in [0.3, 0.4) is 0 Å². The highest BCUT2D eigenvalue weighted by Crippen LogP contribution is 2.22. The molecular formula is C14H15N3O4. The minimum Gasteiger partial charge on any atom is -0.480 e. The molecule has 1 aromatic carbocycles. The van der Waals surface area contributed by atoms with Crippen LogP contribution < -0.4 is 5.73 Å². The van der Waals surface area contributed by atoms with Crippen LogP contribution in [-0.4, -0.2) is 45.7 Å². The summed E-state index contributed by atoms with van der Waals surface area (Å²) in [5.74, 6) is -1.27. The van der Waals surface area contributed by atoms with E-state index in [1.54, 1.807) is 6.07 Å². The van der Waals surface area contributed by atoms with Crippen molar-refractivity contribution in [1.29, 1.82) is 0 Å². The SMILES string of the molecule is NC1(C(=O)O)CCN(C(=O)Cc2noc3ccccc23)C1. The number of aromatic nitrogens is 1. The first-order valence-corrected chi connectivity index (χ1v) is 6.63. The van der Waals surface area contributed by atoms with Crippen LogP contribution in [0.2, 0.25) is 0 Å². The van der Waals surface area contributed by atoms with Crippen LogP contribution in [0, 0.1) is 0 Å². The molecule has 1 aliphatic rings. The average molecular weight is 289 g/mol. The van der Waals surface area contributed by atoms with Crippen molar-refractivity contribution in [2.75, 3.05) is 13.1 Å². The van der Waals surface area contributed by atoms with Gasteiger partial charge in [0.2, 0.25) is 5.91 Å². The Bertz CT molecular complexity index is 711. The lowest BCUT2D eigenvalue weighted by molar-refractivity contribution is -0.143. The number of benzene rings is 1.